The Hall–Kier alpha value is -2.16. The topological polar surface area (TPSA) is 39.2 Å². The van der Waals surface area contributed by atoms with Gasteiger partial charge in [-0.3, -0.25) is 9.78 Å². The molecular formula is C13H11NO2. The third kappa shape index (κ3) is 1.93. The summed E-state index contributed by atoms with van der Waals surface area (Å²) in [6.07, 6.45) is 4.19. The summed E-state index contributed by atoms with van der Waals surface area (Å²) in [5.41, 5.74) is 2.39. The highest BCUT2D eigenvalue weighted by atomic mass is 16.5. The molecule has 1 aromatic carbocycles. The summed E-state index contributed by atoms with van der Waals surface area (Å²) in [6.45, 7) is 0. The number of pyridine rings is 1. The maximum Gasteiger partial charge on any atom is 0.150 e. The van der Waals surface area contributed by atoms with Gasteiger partial charge in [0.2, 0.25) is 0 Å². The summed E-state index contributed by atoms with van der Waals surface area (Å²) in [5, 5.41) is 0. The third-order valence-corrected chi connectivity index (χ3v) is 2.35. The monoisotopic (exact) mass is 213 g/mol. The van der Waals surface area contributed by atoms with Crippen molar-refractivity contribution in [2.45, 2.75) is 0 Å². The van der Waals surface area contributed by atoms with Crippen molar-refractivity contribution >= 4 is 6.29 Å². The van der Waals surface area contributed by atoms with Crippen LogP contribution in [0.2, 0.25) is 0 Å². The van der Waals surface area contributed by atoms with E-state index >= 15 is 0 Å². The predicted octanol–water partition coefficient (Wildman–Crippen LogP) is 2.57. The van der Waals surface area contributed by atoms with E-state index in [4.69, 9.17) is 4.74 Å². The Labute approximate surface area is 93.7 Å². The number of benzene rings is 1. The van der Waals surface area contributed by atoms with E-state index in [2.05, 4.69) is 4.98 Å². The molecule has 16 heavy (non-hydrogen) atoms. The van der Waals surface area contributed by atoms with Gasteiger partial charge in [-0.2, -0.15) is 0 Å². The lowest BCUT2D eigenvalue weighted by Gasteiger charge is -2.05. The number of nitrogens with zero attached hydrogens (tertiary/aromatic N) is 1. The third-order valence-electron chi connectivity index (χ3n) is 2.35. The van der Waals surface area contributed by atoms with Crippen molar-refractivity contribution in [3.8, 4) is 16.9 Å². The first-order chi connectivity index (χ1) is 7.85. The van der Waals surface area contributed by atoms with Crippen LogP contribution in [0, 0.1) is 0 Å². The first kappa shape index (κ1) is 10.4. The fraction of sp³-hybridized carbons (Fsp3) is 0.0769. The van der Waals surface area contributed by atoms with Gasteiger partial charge in [-0.25, -0.2) is 0 Å². The van der Waals surface area contributed by atoms with E-state index in [1.165, 1.54) is 0 Å². The Morgan fingerprint density at radius 3 is 2.81 bits per heavy atom. The Kier molecular flexibility index (Phi) is 2.96. The van der Waals surface area contributed by atoms with Crippen molar-refractivity contribution < 1.29 is 9.53 Å². The lowest BCUT2D eigenvalue weighted by Crippen LogP contribution is -1.89. The Bertz CT molecular complexity index is 509. The SMILES string of the molecule is COc1cncc(-c2ccccc2C=O)c1. The number of methoxy groups -OCH3 is 1. The zero-order valence-corrected chi connectivity index (χ0v) is 8.88. The number of carbonyl (C=O) groups is 1. The van der Waals surface area contributed by atoms with Crippen LogP contribution in [-0.2, 0) is 0 Å². The highest BCUT2D eigenvalue weighted by molar-refractivity contribution is 5.87. The van der Waals surface area contributed by atoms with E-state index in [1.807, 2.05) is 24.3 Å². The van der Waals surface area contributed by atoms with Gasteiger partial charge in [0.1, 0.15) is 5.75 Å². The average molecular weight is 213 g/mol. The molecule has 2 aromatic rings. The van der Waals surface area contributed by atoms with Gasteiger partial charge in [-0.15, -0.1) is 0 Å². The molecule has 80 valence electrons. The highest BCUT2D eigenvalue weighted by Gasteiger charge is 2.04. The van der Waals surface area contributed by atoms with Crippen LogP contribution < -0.4 is 4.74 Å². The molecule has 0 unspecified atom stereocenters. The van der Waals surface area contributed by atoms with Gasteiger partial charge in [-0.1, -0.05) is 24.3 Å². The molecule has 2 rings (SSSR count). The second-order valence-corrected chi connectivity index (χ2v) is 3.32. The molecule has 0 saturated carbocycles. The smallest absolute Gasteiger partial charge is 0.150 e. The van der Waals surface area contributed by atoms with Crippen LogP contribution in [0.1, 0.15) is 10.4 Å². The predicted molar refractivity (Wildman–Crippen MR) is 61.6 cm³/mol. The van der Waals surface area contributed by atoms with E-state index in [1.54, 1.807) is 25.6 Å². The van der Waals surface area contributed by atoms with Gasteiger partial charge in [0.15, 0.2) is 6.29 Å². The van der Waals surface area contributed by atoms with Crippen LogP contribution in [0.15, 0.2) is 42.7 Å². The molecule has 0 spiro atoms. The van der Waals surface area contributed by atoms with E-state index in [9.17, 15) is 4.79 Å². The van der Waals surface area contributed by atoms with Gasteiger partial charge in [-0.05, 0) is 11.6 Å². The molecule has 3 heteroatoms. The molecule has 0 aliphatic heterocycles. The van der Waals surface area contributed by atoms with Gasteiger partial charge in [0.05, 0.1) is 13.3 Å². The van der Waals surface area contributed by atoms with Crippen LogP contribution in [0.5, 0.6) is 5.75 Å². The molecule has 0 saturated heterocycles. The number of ether oxygens (including phenoxy) is 1. The van der Waals surface area contributed by atoms with Crippen LogP contribution in [0.25, 0.3) is 11.1 Å². The molecule has 3 nitrogen and oxygen atoms in total. The molecular weight excluding hydrogens is 202 g/mol. The molecule has 0 atom stereocenters. The first-order valence-corrected chi connectivity index (χ1v) is 4.89. The first-order valence-electron chi connectivity index (χ1n) is 4.89. The number of hydrogen-bond donors (Lipinski definition) is 0. The van der Waals surface area contributed by atoms with Crippen LogP contribution in [-0.4, -0.2) is 18.4 Å². The summed E-state index contributed by atoms with van der Waals surface area (Å²) in [7, 11) is 1.59. The van der Waals surface area contributed by atoms with E-state index < -0.39 is 0 Å². The fourth-order valence-corrected chi connectivity index (χ4v) is 1.54. The number of aromatic nitrogens is 1. The van der Waals surface area contributed by atoms with Crippen molar-refractivity contribution in [3.63, 3.8) is 0 Å². The molecule has 1 heterocycles. The molecule has 1 aromatic heterocycles. The molecule has 0 bridgehead atoms. The van der Waals surface area contributed by atoms with Gasteiger partial charge >= 0.3 is 0 Å². The average Bonchev–Trinajstić information content (AvgIpc) is 2.38. The number of hydrogen-bond acceptors (Lipinski definition) is 3. The standard InChI is InChI=1S/C13H11NO2/c1-16-12-6-11(7-14-8-12)13-5-3-2-4-10(13)9-15/h2-9H,1H3. The molecule has 0 N–H and O–H groups in total. The summed E-state index contributed by atoms with van der Waals surface area (Å²) >= 11 is 0. The number of carbonyl (C=O) groups excluding carboxylic acids is 1. The highest BCUT2D eigenvalue weighted by Crippen LogP contribution is 2.24. The summed E-state index contributed by atoms with van der Waals surface area (Å²) in [4.78, 5) is 15.0. The number of aldehydes is 1. The quantitative estimate of drug-likeness (QED) is 0.735. The summed E-state index contributed by atoms with van der Waals surface area (Å²) in [6, 6.07) is 9.25. The summed E-state index contributed by atoms with van der Waals surface area (Å²) < 4.78 is 5.10. The van der Waals surface area contributed by atoms with Crippen molar-refractivity contribution in [3.05, 3.63) is 48.3 Å². The van der Waals surface area contributed by atoms with Crippen LogP contribution in [0.4, 0.5) is 0 Å². The Morgan fingerprint density at radius 2 is 2.06 bits per heavy atom. The zero-order valence-electron chi connectivity index (χ0n) is 8.88. The lowest BCUT2D eigenvalue weighted by molar-refractivity contribution is 0.112. The van der Waals surface area contributed by atoms with E-state index in [0.29, 0.717) is 11.3 Å². The second-order valence-electron chi connectivity index (χ2n) is 3.32. The van der Waals surface area contributed by atoms with E-state index in [0.717, 1.165) is 17.4 Å². The number of rotatable bonds is 3. The normalized spacial score (nSPS) is 9.81. The maximum atomic E-state index is 10.9. The van der Waals surface area contributed by atoms with Crippen LogP contribution in [0.3, 0.4) is 0 Å². The minimum atomic E-state index is 0.651. The van der Waals surface area contributed by atoms with Crippen LogP contribution >= 0.6 is 0 Å². The van der Waals surface area contributed by atoms with Gasteiger partial charge < -0.3 is 4.74 Å². The Balaban J connectivity index is 2.53. The van der Waals surface area contributed by atoms with Crippen molar-refractivity contribution in [1.82, 2.24) is 4.98 Å². The minimum Gasteiger partial charge on any atom is -0.495 e. The maximum absolute atomic E-state index is 10.9. The molecule has 0 radical (unpaired) electrons. The zero-order chi connectivity index (χ0) is 11.4. The van der Waals surface area contributed by atoms with Crippen molar-refractivity contribution in [2.75, 3.05) is 7.11 Å². The van der Waals surface area contributed by atoms with Crippen molar-refractivity contribution in [1.29, 1.82) is 0 Å². The van der Waals surface area contributed by atoms with E-state index in [-0.39, 0.29) is 0 Å². The Morgan fingerprint density at radius 1 is 1.25 bits per heavy atom. The minimum absolute atomic E-state index is 0.651. The molecule has 0 aliphatic carbocycles. The fourth-order valence-electron chi connectivity index (χ4n) is 1.54. The van der Waals surface area contributed by atoms with Crippen molar-refractivity contribution in [2.24, 2.45) is 0 Å². The second kappa shape index (κ2) is 4.57. The molecule has 0 fully saturated rings. The largest absolute Gasteiger partial charge is 0.495 e. The molecule has 0 amide bonds. The van der Waals surface area contributed by atoms with Gasteiger partial charge in [0, 0.05) is 17.3 Å². The lowest BCUT2D eigenvalue weighted by atomic mass is 10.0. The van der Waals surface area contributed by atoms with Gasteiger partial charge in [0.25, 0.3) is 0 Å². The summed E-state index contributed by atoms with van der Waals surface area (Å²) in [5.74, 6) is 0.679. The molecule has 0 aliphatic rings.